The van der Waals surface area contributed by atoms with Crippen molar-refractivity contribution in [1.29, 1.82) is 0 Å². The lowest BCUT2D eigenvalue weighted by molar-refractivity contribution is 0.102. The maximum Gasteiger partial charge on any atom is 0.258 e. The highest BCUT2D eigenvalue weighted by Gasteiger charge is 2.12. The van der Waals surface area contributed by atoms with Gasteiger partial charge in [-0.3, -0.25) is 9.48 Å². The molecule has 0 aliphatic rings. The molecule has 3 aromatic rings. The van der Waals surface area contributed by atoms with Gasteiger partial charge in [0.2, 0.25) is 0 Å². The van der Waals surface area contributed by atoms with Gasteiger partial charge < -0.3 is 5.32 Å². The zero-order valence-electron chi connectivity index (χ0n) is 13.0. The van der Waals surface area contributed by atoms with Gasteiger partial charge >= 0.3 is 0 Å². The Bertz CT molecular complexity index is 889. The van der Waals surface area contributed by atoms with Gasteiger partial charge in [0.15, 0.2) is 5.82 Å². The molecule has 0 atom stereocenters. The van der Waals surface area contributed by atoms with E-state index in [1.54, 1.807) is 22.9 Å². The van der Waals surface area contributed by atoms with Gasteiger partial charge in [0.1, 0.15) is 0 Å². The quantitative estimate of drug-likeness (QED) is 0.727. The van der Waals surface area contributed by atoms with Crippen LogP contribution in [0.4, 0.5) is 5.82 Å². The molecule has 4 nitrogen and oxygen atoms in total. The molecule has 0 bridgehead atoms. The molecule has 1 heterocycles. The maximum absolute atomic E-state index is 12.3. The first-order valence-corrected chi connectivity index (χ1v) is 8.13. The van der Waals surface area contributed by atoms with Gasteiger partial charge in [-0.1, -0.05) is 47.5 Å². The summed E-state index contributed by atoms with van der Waals surface area (Å²) in [7, 11) is 0. The first-order chi connectivity index (χ1) is 11.5. The van der Waals surface area contributed by atoms with Crippen LogP contribution in [0.25, 0.3) is 0 Å². The molecular weight excluding hydrogens is 345 g/mol. The Morgan fingerprint density at radius 1 is 1.17 bits per heavy atom. The first-order valence-electron chi connectivity index (χ1n) is 7.37. The second-order valence-electron chi connectivity index (χ2n) is 5.40. The van der Waals surface area contributed by atoms with Crippen molar-refractivity contribution in [3.8, 4) is 0 Å². The number of hydrogen-bond donors (Lipinski definition) is 1. The Morgan fingerprint density at radius 2 is 1.96 bits per heavy atom. The summed E-state index contributed by atoms with van der Waals surface area (Å²) in [6.45, 7) is 2.70. The minimum absolute atomic E-state index is 0.317. The minimum atomic E-state index is -0.344. The molecule has 0 spiro atoms. The number of aromatic nitrogens is 2. The van der Waals surface area contributed by atoms with Crippen LogP contribution in [0, 0.1) is 6.92 Å². The van der Waals surface area contributed by atoms with Gasteiger partial charge in [-0.2, -0.15) is 5.10 Å². The number of anilines is 1. The first kappa shape index (κ1) is 16.6. The summed E-state index contributed by atoms with van der Waals surface area (Å²) >= 11 is 12.0. The van der Waals surface area contributed by atoms with E-state index in [9.17, 15) is 4.79 Å². The molecule has 0 unspecified atom stereocenters. The van der Waals surface area contributed by atoms with Gasteiger partial charge in [0, 0.05) is 17.3 Å². The fraction of sp³-hybridized carbons (Fsp3) is 0.111. The monoisotopic (exact) mass is 359 g/mol. The van der Waals surface area contributed by atoms with Crippen LogP contribution < -0.4 is 5.32 Å². The van der Waals surface area contributed by atoms with Crippen molar-refractivity contribution in [1.82, 2.24) is 9.78 Å². The lowest BCUT2D eigenvalue weighted by atomic mass is 10.1. The van der Waals surface area contributed by atoms with Gasteiger partial charge in [0.05, 0.1) is 17.1 Å². The largest absolute Gasteiger partial charge is 0.305 e. The molecule has 3 rings (SSSR count). The summed E-state index contributed by atoms with van der Waals surface area (Å²) in [5, 5.41) is 7.90. The van der Waals surface area contributed by atoms with E-state index in [2.05, 4.69) is 29.5 Å². The summed E-state index contributed by atoms with van der Waals surface area (Å²) in [4.78, 5) is 12.3. The zero-order chi connectivity index (χ0) is 17.1. The van der Waals surface area contributed by atoms with Crippen molar-refractivity contribution in [2.75, 3.05) is 5.32 Å². The Balaban J connectivity index is 1.73. The van der Waals surface area contributed by atoms with E-state index < -0.39 is 0 Å². The van der Waals surface area contributed by atoms with Crippen molar-refractivity contribution in [3.63, 3.8) is 0 Å². The molecule has 24 heavy (non-hydrogen) atoms. The lowest BCUT2D eigenvalue weighted by Crippen LogP contribution is -2.13. The number of hydrogen-bond acceptors (Lipinski definition) is 2. The van der Waals surface area contributed by atoms with Gasteiger partial charge in [0.25, 0.3) is 5.91 Å². The van der Waals surface area contributed by atoms with Crippen LogP contribution in [0.2, 0.25) is 10.0 Å². The van der Waals surface area contributed by atoms with E-state index in [-0.39, 0.29) is 5.91 Å². The van der Waals surface area contributed by atoms with E-state index in [4.69, 9.17) is 23.2 Å². The molecule has 2 aromatic carbocycles. The van der Waals surface area contributed by atoms with Crippen LogP contribution in [-0.2, 0) is 6.54 Å². The lowest BCUT2D eigenvalue weighted by Gasteiger charge is -2.06. The smallest absolute Gasteiger partial charge is 0.258 e. The molecule has 6 heteroatoms. The molecule has 1 amide bonds. The molecular formula is C18H15Cl2N3O. The molecule has 0 aliphatic carbocycles. The van der Waals surface area contributed by atoms with Gasteiger partial charge in [-0.05, 0) is 36.2 Å². The number of rotatable bonds is 4. The van der Waals surface area contributed by atoms with Crippen LogP contribution in [-0.4, -0.2) is 15.7 Å². The fourth-order valence-electron chi connectivity index (χ4n) is 2.33. The molecule has 1 N–H and O–H groups in total. The second kappa shape index (κ2) is 7.07. The molecule has 1 aromatic heterocycles. The average Bonchev–Trinajstić information content (AvgIpc) is 2.99. The van der Waals surface area contributed by atoms with Crippen molar-refractivity contribution >= 4 is 34.9 Å². The number of carbonyl (C=O) groups excluding carboxylic acids is 1. The van der Waals surface area contributed by atoms with Crippen molar-refractivity contribution in [3.05, 3.63) is 81.5 Å². The fourth-order valence-corrected chi connectivity index (χ4v) is 2.71. The minimum Gasteiger partial charge on any atom is -0.305 e. The Hall–Kier alpha value is -2.30. The maximum atomic E-state index is 12.3. The van der Waals surface area contributed by atoms with Crippen LogP contribution in [0.3, 0.4) is 0 Å². The van der Waals surface area contributed by atoms with Gasteiger partial charge in [-0.25, -0.2) is 0 Å². The number of carbonyl (C=O) groups is 1. The Kier molecular flexibility index (Phi) is 4.88. The van der Waals surface area contributed by atoms with Crippen LogP contribution in [0.1, 0.15) is 21.5 Å². The average molecular weight is 360 g/mol. The number of benzene rings is 2. The molecule has 0 saturated heterocycles. The number of halogens is 2. The Labute approximate surface area is 150 Å². The highest BCUT2D eigenvalue weighted by Crippen LogP contribution is 2.21. The third-order valence-corrected chi connectivity index (χ3v) is 4.21. The summed E-state index contributed by atoms with van der Waals surface area (Å²) < 4.78 is 1.78. The molecule has 0 saturated carbocycles. The summed E-state index contributed by atoms with van der Waals surface area (Å²) in [5.41, 5.74) is 2.69. The third-order valence-electron chi connectivity index (χ3n) is 3.65. The zero-order valence-corrected chi connectivity index (χ0v) is 14.5. The number of nitrogens with zero attached hydrogens (tertiary/aromatic N) is 2. The van der Waals surface area contributed by atoms with Crippen LogP contribution in [0.5, 0.6) is 0 Å². The van der Waals surface area contributed by atoms with Crippen molar-refractivity contribution < 1.29 is 4.79 Å². The summed E-state index contributed by atoms with van der Waals surface area (Å²) in [6.07, 6.45) is 1.82. The van der Waals surface area contributed by atoms with Crippen molar-refractivity contribution in [2.24, 2.45) is 0 Å². The third kappa shape index (κ3) is 3.78. The normalized spacial score (nSPS) is 10.6. The Morgan fingerprint density at radius 3 is 2.75 bits per heavy atom. The topological polar surface area (TPSA) is 46.9 Å². The van der Waals surface area contributed by atoms with Crippen LogP contribution in [0.15, 0.2) is 54.7 Å². The molecule has 0 radical (unpaired) electrons. The van der Waals surface area contributed by atoms with E-state index >= 15 is 0 Å². The predicted octanol–water partition coefficient (Wildman–Crippen LogP) is 4.80. The van der Waals surface area contributed by atoms with E-state index in [0.29, 0.717) is 28.0 Å². The summed E-state index contributed by atoms with van der Waals surface area (Å²) in [6, 6.07) is 14.6. The van der Waals surface area contributed by atoms with E-state index in [0.717, 1.165) is 0 Å². The molecule has 122 valence electrons. The predicted molar refractivity (Wildman–Crippen MR) is 96.9 cm³/mol. The number of nitrogens with one attached hydrogen (secondary N) is 1. The van der Waals surface area contributed by atoms with Crippen LogP contribution >= 0.6 is 23.2 Å². The van der Waals surface area contributed by atoms with Gasteiger partial charge in [-0.15, -0.1) is 0 Å². The number of amides is 1. The number of aryl methyl sites for hydroxylation is 1. The van der Waals surface area contributed by atoms with Crippen molar-refractivity contribution in [2.45, 2.75) is 13.5 Å². The van der Waals surface area contributed by atoms with E-state index in [1.807, 2.05) is 18.3 Å². The van der Waals surface area contributed by atoms with E-state index in [1.165, 1.54) is 17.2 Å². The standard InChI is InChI=1S/C18H15Cl2N3O/c1-12-4-2-3-5-13(12)11-23-9-8-17(22-23)21-18(24)15-10-14(19)6-7-16(15)20/h2-10H,11H2,1H3,(H,21,22,24). The highest BCUT2D eigenvalue weighted by molar-refractivity contribution is 6.36. The molecule has 0 aliphatic heterocycles. The SMILES string of the molecule is Cc1ccccc1Cn1ccc(NC(=O)c2cc(Cl)ccc2Cl)n1. The molecule has 0 fully saturated rings. The summed E-state index contributed by atoms with van der Waals surface area (Å²) in [5.74, 6) is 0.119. The highest BCUT2D eigenvalue weighted by atomic mass is 35.5. The second-order valence-corrected chi connectivity index (χ2v) is 6.25.